The quantitative estimate of drug-likeness (QED) is 0.500. The minimum Gasteiger partial charge on any atom is -0.393 e. The number of aromatic nitrogens is 2. The van der Waals surface area contributed by atoms with Crippen molar-refractivity contribution in [2.24, 2.45) is 0 Å². The van der Waals surface area contributed by atoms with Gasteiger partial charge in [0.05, 0.1) is 24.2 Å². The number of carbonyl (C=O) groups excluding carboxylic acids is 2. The fraction of sp³-hybridized carbons (Fsp3) is 0.400. The molecule has 0 aliphatic carbocycles. The summed E-state index contributed by atoms with van der Waals surface area (Å²) in [6.45, 7) is 1.83. The molecule has 5 heteroatoms. The molecule has 0 N–H and O–H groups in total. The average molecular weight is 206 g/mol. The van der Waals surface area contributed by atoms with E-state index in [1.165, 1.54) is 0 Å². The van der Waals surface area contributed by atoms with Crippen LogP contribution in [0.3, 0.4) is 0 Å². The van der Waals surface area contributed by atoms with Crippen LogP contribution >= 0.6 is 0 Å². The van der Waals surface area contributed by atoms with Crippen LogP contribution in [0.25, 0.3) is 0 Å². The Morgan fingerprint density at radius 3 is 2.40 bits per heavy atom. The third kappa shape index (κ3) is 2.18. The van der Waals surface area contributed by atoms with Gasteiger partial charge in [-0.1, -0.05) is 0 Å². The maximum atomic E-state index is 11.0. The van der Waals surface area contributed by atoms with Crippen LogP contribution in [0.15, 0.2) is 12.4 Å². The maximum absolute atomic E-state index is 11.0. The summed E-state index contributed by atoms with van der Waals surface area (Å²) in [5.41, 5.74) is 1.48. The van der Waals surface area contributed by atoms with Crippen LogP contribution in [0, 0.1) is 6.92 Å². The van der Waals surface area contributed by atoms with Crippen molar-refractivity contribution in [3.8, 4) is 0 Å². The fourth-order valence-corrected chi connectivity index (χ4v) is 1.51. The number of carbonyl (C=O) groups is 2. The second kappa shape index (κ2) is 3.76. The van der Waals surface area contributed by atoms with Gasteiger partial charge in [0.15, 0.2) is 0 Å². The summed E-state index contributed by atoms with van der Waals surface area (Å²) in [6, 6.07) is 0. The molecule has 0 spiro atoms. The highest BCUT2D eigenvalue weighted by atomic mass is 16.6. The van der Waals surface area contributed by atoms with Gasteiger partial charge in [-0.25, -0.2) is 0 Å². The molecule has 0 aromatic carbocycles. The Balaban J connectivity index is 2.19. The van der Waals surface area contributed by atoms with E-state index in [-0.39, 0.29) is 18.8 Å². The Morgan fingerprint density at radius 1 is 1.20 bits per heavy atom. The first-order valence-corrected chi connectivity index (χ1v) is 4.67. The van der Waals surface area contributed by atoms with Crippen molar-refractivity contribution in [2.45, 2.75) is 25.7 Å². The van der Waals surface area contributed by atoms with Gasteiger partial charge in [0.1, 0.15) is 0 Å². The smallest absolute Gasteiger partial charge is 0.314 e. The van der Waals surface area contributed by atoms with Crippen molar-refractivity contribution >= 4 is 11.9 Å². The molecule has 1 aromatic rings. The Morgan fingerprint density at radius 2 is 1.87 bits per heavy atom. The molecule has 78 valence electrons. The summed E-state index contributed by atoms with van der Waals surface area (Å²) in [5.74, 6) is -1.16. The molecule has 1 aromatic heterocycles. The van der Waals surface area contributed by atoms with Crippen molar-refractivity contribution in [3.63, 3.8) is 0 Å². The highest BCUT2D eigenvalue weighted by Gasteiger charge is 2.29. The molecule has 5 nitrogen and oxygen atoms in total. The molecule has 2 rings (SSSR count). The molecular formula is C10H10N2O3. The lowest BCUT2D eigenvalue weighted by Crippen LogP contribution is -2.24. The number of nitrogens with zero attached hydrogens (tertiary/aromatic N) is 2. The van der Waals surface area contributed by atoms with Crippen LogP contribution in [0.1, 0.15) is 30.1 Å². The average Bonchev–Trinajstić information content (AvgIpc) is 2.17. The zero-order valence-corrected chi connectivity index (χ0v) is 8.27. The first-order chi connectivity index (χ1) is 7.15. The summed E-state index contributed by atoms with van der Waals surface area (Å²) < 4.78 is 4.44. The van der Waals surface area contributed by atoms with Crippen molar-refractivity contribution in [1.29, 1.82) is 0 Å². The number of hydrogen-bond donors (Lipinski definition) is 0. The maximum Gasteiger partial charge on any atom is 0.314 e. The lowest BCUT2D eigenvalue weighted by Gasteiger charge is -2.18. The molecule has 0 radical (unpaired) electrons. The first-order valence-electron chi connectivity index (χ1n) is 4.67. The fourth-order valence-electron chi connectivity index (χ4n) is 1.51. The predicted octanol–water partition coefficient (Wildman–Crippen LogP) is 0.732. The molecule has 2 heterocycles. The number of ether oxygens (including phenoxy) is 1. The molecule has 0 amide bonds. The van der Waals surface area contributed by atoms with Gasteiger partial charge in [-0.15, -0.1) is 0 Å². The van der Waals surface area contributed by atoms with Gasteiger partial charge in [-0.3, -0.25) is 19.6 Å². The number of hydrogen-bond acceptors (Lipinski definition) is 5. The van der Waals surface area contributed by atoms with Gasteiger partial charge >= 0.3 is 11.9 Å². The molecule has 15 heavy (non-hydrogen) atoms. The van der Waals surface area contributed by atoms with E-state index in [4.69, 9.17) is 0 Å². The standard InChI is InChI=1S/C10H10N2O3/c1-6-4-12-8(5-11-6)7-2-9(13)15-10(14)3-7/h4-5,7H,2-3H2,1H3. The van der Waals surface area contributed by atoms with E-state index in [1.54, 1.807) is 12.4 Å². The SMILES string of the molecule is Cc1cnc(C2CC(=O)OC(=O)C2)cn1. The molecule has 1 aliphatic heterocycles. The number of aryl methyl sites for hydroxylation is 1. The van der Waals surface area contributed by atoms with Crippen LogP contribution < -0.4 is 0 Å². The largest absolute Gasteiger partial charge is 0.393 e. The van der Waals surface area contributed by atoms with E-state index in [0.717, 1.165) is 5.69 Å². The van der Waals surface area contributed by atoms with Crippen LogP contribution in [0.4, 0.5) is 0 Å². The second-order valence-corrected chi connectivity index (χ2v) is 3.53. The summed E-state index contributed by atoms with van der Waals surface area (Å²) in [5, 5.41) is 0. The summed E-state index contributed by atoms with van der Waals surface area (Å²) in [4.78, 5) is 30.3. The highest BCUT2D eigenvalue weighted by molar-refractivity contribution is 5.89. The van der Waals surface area contributed by atoms with E-state index >= 15 is 0 Å². The third-order valence-corrected chi connectivity index (χ3v) is 2.27. The molecule has 0 atom stereocenters. The van der Waals surface area contributed by atoms with E-state index in [1.807, 2.05) is 6.92 Å². The van der Waals surface area contributed by atoms with Gasteiger partial charge in [0.25, 0.3) is 0 Å². The highest BCUT2D eigenvalue weighted by Crippen LogP contribution is 2.25. The first kappa shape index (κ1) is 9.76. The van der Waals surface area contributed by atoms with Crippen LogP contribution in [-0.2, 0) is 14.3 Å². The number of cyclic esters (lactones) is 2. The van der Waals surface area contributed by atoms with Crippen molar-refractivity contribution in [3.05, 3.63) is 23.8 Å². The predicted molar refractivity (Wildman–Crippen MR) is 49.8 cm³/mol. The zero-order chi connectivity index (χ0) is 10.8. The van der Waals surface area contributed by atoms with Crippen molar-refractivity contribution in [2.75, 3.05) is 0 Å². The topological polar surface area (TPSA) is 69.2 Å². The van der Waals surface area contributed by atoms with Gasteiger partial charge in [-0.2, -0.15) is 0 Å². The van der Waals surface area contributed by atoms with Crippen molar-refractivity contribution < 1.29 is 14.3 Å². The minimum absolute atomic E-state index is 0.188. The Kier molecular flexibility index (Phi) is 2.45. The summed E-state index contributed by atoms with van der Waals surface area (Å²) >= 11 is 0. The van der Waals surface area contributed by atoms with Gasteiger partial charge in [0, 0.05) is 18.3 Å². The molecule has 0 bridgehead atoms. The van der Waals surface area contributed by atoms with Crippen LogP contribution in [0.5, 0.6) is 0 Å². The molecule has 1 aliphatic rings. The summed E-state index contributed by atoms with van der Waals surface area (Å²) in [7, 11) is 0. The number of esters is 2. The Hall–Kier alpha value is -1.78. The summed E-state index contributed by atoms with van der Waals surface area (Å²) in [6.07, 6.45) is 3.62. The molecular weight excluding hydrogens is 196 g/mol. The van der Waals surface area contributed by atoms with Gasteiger partial charge in [0.2, 0.25) is 0 Å². The van der Waals surface area contributed by atoms with Crippen LogP contribution in [-0.4, -0.2) is 21.9 Å². The van der Waals surface area contributed by atoms with Gasteiger partial charge < -0.3 is 4.74 Å². The lowest BCUT2D eigenvalue weighted by molar-refractivity contribution is -0.164. The van der Waals surface area contributed by atoms with E-state index < -0.39 is 11.9 Å². The van der Waals surface area contributed by atoms with Crippen molar-refractivity contribution in [1.82, 2.24) is 9.97 Å². The normalized spacial score (nSPS) is 17.7. The Bertz CT molecular complexity index is 384. The lowest BCUT2D eigenvalue weighted by atomic mass is 9.96. The molecule has 1 fully saturated rings. The van der Waals surface area contributed by atoms with E-state index in [9.17, 15) is 9.59 Å². The molecule has 0 unspecified atom stereocenters. The second-order valence-electron chi connectivity index (χ2n) is 3.53. The van der Waals surface area contributed by atoms with E-state index in [2.05, 4.69) is 14.7 Å². The monoisotopic (exact) mass is 206 g/mol. The number of rotatable bonds is 1. The van der Waals surface area contributed by atoms with Crippen LogP contribution in [0.2, 0.25) is 0 Å². The minimum atomic E-state index is -0.487. The van der Waals surface area contributed by atoms with Gasteiger partial charge in [-0.05, 0) is 6.92 Å². The molecule has 1 saturated heterocycles. The Labute approximate surface area is 86.5 Å². The third-order valence-electron chi connectivity index (χ3n) is 2.27. The molecule has 0 saturated carbocycles. The van der Waals surface area contributed by atoms with E-state index in [0.29, 0.717) is 5.69 Å². The zero-order valence-electron chi connectivity index (χ0n) is 8.27.